The number of phenols is 1. The molecule has 0 aliphatic carbocycles. The van der Waals surface area contributed by atoms with Crippen molar-refractivity contribution in [3.63, 3.8) is 0 Å². The Morgan fingerprint density at radius 3 is 2.59 bits per heavy atom. The molecule has 2 N–H and O–H groups in total. The number of nitrogens with zero attached hydrogens (tertiary/aromatic N) is 1. The quantitative estimate of drug-likeness (QED) is 0.491. The molecule has 5 heteroatoms. The number of H-pyrrole nitrogens is 1. The summed E-state index contributed by atoms with van der Waals surface area (Å²) in [6, 6.07) is 15.2. The van der Waals surface area contributed by atoms with E-state index in [1.54, 1.807) is 0 Å². The van der Waals surface area contributed by atoms with E-state index in [1.165, 1.54) is 6.07 Å². The molecule has 0 amide bonds. The van der Waals surface area contributed by atoms with Crippen LogP contribution in [0.1, 0.15) is 0 Å². The van der Waals surface area contributed by atoms with Gasteiger partial charge in [0, 0.05) is 16.3 Å². The monoisotopic (exact) mass is 328 g/mol. The maximum Gasteiger partial charge on any atom is 0.160 e. The van der Waals surface area contributed by atoms with Crippen LogP contribution in [0, 0.1) is 0 Å². The molecule has 108 valence electrons. The molecule has 2 aromatic heterocycles. The van der Waals surface area contributed by atoms with Gasteiger partial charge in [0.05, 0.1) is 21.4 Å². The predicted molar refractivity (Wildman–Crippen MR) is 90.7 cm³/mol. The summed E-state index contributed by atoms with van der Waals surface area (Å²) in [7, 11) is 0. The van der Waals surface area contributed by atoms with Gasteiger partial charge in [-0.3, -0.25) is 0 Å². The SMILES string of the molecule is Oc1c(Cl)cc(Cl)c2ccc(-c3cc4ccccc4[nH]3)nc12. The molecule has 2 aromatic carbocycles. The summed E-state index contributed by atoms with van der Waals surface area (Å²) in [4.78, 5) is 7.83. The van der Waals surface area contributed by atoms with Crippen LogP contribution in [-0.4, -0.2) is 15.1 Å². The number of aromatic hydroxyl groups is 1. The lowest BCUT2D eigenvalue weighted by Crippen LogP contribution is -1.87. The largest absolute Gasteiger partial charge is 0.504 e. The Morgan fingerprint density at radius 1 is 0.955 bits per heavy atom. The highest BCUT2D eigenvalue weighted by Crippen LogP contribution is 2.37. The highest BCUT2D eigenvalue weighted by atomic mass is 35.5. The molecular weight excluding hydrogens is 319 g/mol. The molecule has 4 aromatic rings. The van der Waals surface area contributed by atoms with Gasteiger partial charge >= 0.3 is 0 Å². The number of hydrogen-bond acceptors (Lipinski definition) is 2. The minimum atomic E-state index is -0.0565. The first kappa shape index (κ1) is 13.4. The van der Waals surface area contributed by atoms with Crippen LogP contribution in [0.4, 0.5) is 0 Å². The predicted octanol–water partition coefficient (Wildman–Crippen LogP) is 5.40. The molecule has 0 aliphatic heterocycles. The van der Waals surface area contributed by atoms with E-state index in [1.807, 2.05) is 42.5 Å². The van der Waals surface area contributed by atoms with Gasteiger partial charge in [0.15, 0.2) is 5.75 Å². The Bertz CT molecular complexity index is 991. The molecule has 0 fully saturated rings. The number of aromatic nitrogens is 2. The molecular formula is C17H10Cl2N2O. The van der Waals surface area contributed by atoms with E-state index in [2.05, 4.69) is 9.97 Å². The molecule has 4 rings (SSSR count). The standard InChI is InChI=1S/C17H10Cl2N2O/c18-11-8-12(19)17(22)16-10(11)5-6-14(21-16)15-7-9-3-1-2-4-13(9)20-15/h1-8,20,22H. The second-order valence-corrected chi connectivity index (χ2v) is 5.87. The lowest BCUT2D eigenvalue weighted by atomic mass is 10.1. The first-order valence-electron chi connectivity index (χ1n) is 6.69. The molecule has 0 bridgehead atoms. The topological polar surface area (TPSA) is 48.9 Å². The molecule has 0 spiro atoms. The van der Waals surface area contributed by atoms with Gasteiger partial charge in [0.1, 0.15) is 5.52 Å². The van der Waals surface area contributed by atoms with Crippen molar-refractivity contribution in [2.45, 2.75) is 0 Å². The number of hydrogen-bond donors (Lipinski definition) is 2. The molecule has 0 atom stereocenters. The number of para-hydroxylation sites is 1. The minimum absolute atomic E-state index is 0.0565. The van der Waals surface area contributed by atoms with Crippen LogP contribution in [-0.2, 0) is 0 Å². The first-order valence-corrected chi connectivity index (χ1v) is 7.45. The van der Waals surface area contributed by atoms with Gasteiger partial charge in [-0.1, -0.05) is 41.4 Å². The summed E-state index contributed by atoms with van der Waals surface area (Å²) in [6.07, 6.45) is 0. The highest BCUT2D eigenvalue weighted by molar-refractivity contribution is 6.39. The van der Waals surface area contributed by atoms with E-state index in [9.17, 15) is 5.11 Å². The number of rotatable bonds is 1. The smallest absolute Gasteiger partial charge is 0.160 e. The van der Waals surface area contributed by atoms with E-state index < -0.39 is 0 Å². The van der Waals surface area contributed by atoms with E-state index >= 15 is 0 Å². The Hall–Kier alpha value is -2.23. The lowest BCUT2D eigenvalue weighted by Gasteiger charge is -2.06. The molecule has 0 saturated heterocycles. The fraction of sp³-hybridized carbons (Fsp3) is 0. The molecule has 0 unspecified atom stereocenters. The number of nitrogens with one attached hydrogen (secondary N) is 1. The van der Waals surface area contributed by atoms with E-state index in [-0.39, 0.29) is 10.8 Å². The van der Waals surface area contributed by atoms with Crippen molar-refractivity contribution >= 4 is 45.0 Å². The Balaban J connectivity index is 1.97. The van der Waals surface area contributed by atoms with Crippen molar-refractivity contribution in [2.24, 2.45) is 0 Å². The van der Waals surface area contributed by atoms with Crippen LogP contribution in [0.5, 0.6) is 5.75 Å². The number of fused-ring (bicyclic) bond motifs is 2. The summed E-state index contributed by atoms with van der Waals surface area (Å²) < 4.78 is 0. The number of halogens is 2. The summed E-state index contributed by atoms with van der Waals surface area (Å²) >= 11 is 12.1. The van der Waals surface area contributed by atoms with Crippen LogP contribution in [0.25, 0.3) is 33.2 Å². The van der Waals surface area contributed by atoms with Crippen molar-refractivity contribution in [3.8, 4) is 17.1 Å². The van der Waals surface area contributed by atoms with Crippen molar-refractivity contribution in [1.82, 2.24) is 9.97 Å². The molecule has 2 heterocycles. The summed E-state index contributed by atoms with van der Waals surface area (Å²) in [6.45, 7) is 0. The highest BCUT2D eigenvalue weighted by Gasteiger charge is 2.12. The number of pyridine rings is 1. The summed E-state index contributed by atoms with van der Waals surface area (Å²) in [5, 5.41) is 12.6. The fourth-order valence-electron chi connectivity index (χ4n) is 2.56. The molecule has 0 radical (unpaired) electrons. The van der Waals surface area contributed by atoms with E-state index in [4.69, 9.17) is 23.2 Å². The summed E-state index contributed by atoms with van der Waals surface area (Å²) in [5.41, 5.74) is 3.03. The van der Waals surface area contributed by atoms with Crippen molar-refractivity contribution in [1.29, 1.82) is 0 Å². The Morgan fingerprint density at radius 2 is 1.77 bits per heavy atom. The summed E-state index contributed by atoms with van der Waals surface area (Å²) in [5.74, 6) is -0.0565. The van der Waals surface area contributed by atoms with Crippen molar-refractivity contribution < 1.29 is 5.11 Å². The average molecular weight is 329 g/mol. The van der Waals surface area contributed by atoms with Crippen LogP contribution in [0.3, 0.4) is 0 Å². The molecule has 0 saturated carbocycles. The number of aromatic amines is 1. The van der Waals surface area contributed by atoms with Gasteiger partial charge in [-0.05, 0) is 30.3 Å². The van der Waals surface area contributed by atoms with Crippen LogP contribution >= 0.6 is 23.2 Å². The zero-order valence-corrected chi connectivity index (χ0v) is 12.8. The van der Waals surface area contributed by atoms with Gasteiger partial charge in [-0.15, -0.1) is 0 Å². The third kappa shape index (κ3) is 2.02. The minimum Gasteiger partial charge on any atom is -0.504 e. The lowest BCUT2D eigenvalue weighted by molar-refractivity contribution is 0.480. The number of phenolic OH excluding ortho intramolecular Hbond substituents is 1. The zero-order chi connectivity index (χ0) is 15.3. The van der Waals surface area contributed by atoms with Gasteiger partial charge < -0.3 is 10.1 Å². The Labute approximate surface area is 136 Å². The second-order valence-electron chi connectivity index (χ2n) is 5.05. The van der Waals surface area contributed by atoms with Crippen molar-refractivity contribution in [3.05, 3.63) is 58.6 Å². The average Bonchev–Trinajstić information content (AvgIpc) is 2.96. The second kappa shape index (κ2) is 4.90. The first-order chi connectivity index (χ1) is 10.6. The van der Waals surface area contributed by atoms with Crippen molar-refractivity contribution in [2.75, 3.05) is 0 Å². The van der Waals surface area contributed by atoms with Crippen LogP contribution in [0.2, 0.25) is 10.0 Å². The van der Waals surface area contributed by atoms with Gasteiger partial charge in [0.25, 0.3) is 0 Å². The third-order valence-corrected chi connectivity index (χ3v) is 4.26. The Kier molecular flexibility index (Phi) is 2.99. The normalized spacial score (nSPS) is 11.4. The molecule has 0 aliphatic rings. The third-order valence-electron chi connectivity index (χ3n) is 3.66. The van der Waals surface area contributed by atoms with Gasteiger partial charge in [-0.25, -0.2) is 4.98 Å². The van der Waals surface area contributed by atoms with Crippen LogP contribution in [0.15, 0.2) is 48.5 Å². The van der Waals surface area contributed by atoms with Gasteiger partial charge in [-0.2, -0.15) is 0 Å². The van der Waals surface area contributed by atoms with E-state index in [0.29, 0.717) is 15.9 Å². The van der Waals surface area contributed by atoms with Crippen LogP contribution < -0.4 is 0 Å². The maximum absolute atomic E-state index is 10.1. The van der Waals surface area contributed by atoms with Gasteiger partial charge in [0.2, 0.25) is 0 Å². The molecule has 3 nitrogen and oxygen atoms in total. The van der Waals surface area contributed by atoms with E-state index in [0.717, 1.165) is 22.3 Å². The number of benzene rings is 2. The fourth-order valence-corrected chi connectivity index (χ4v) is 3.08. The maximum atomic E-state index is 10.1. The zero-order valence-electron chi connectivity index (χ0n) is 11.3. The molecule has 22 heavy (non-hydrogen) atoms.